The maximum Gasteiger partial charge on any atom is 0.0611 e. The first kappa shape index (κ1) is 15.3. The van der Waals surface area contributed by atoms with Crippen LogP contribution in [0.3, 0.4) is 0 Å². The van der Waals surface area contributed by atoms with Crippen molar-refractivity contribution in [3.63, 3.8) is 0 Å². The number of para-hydroxylation sites is 1. The van der Waals surface area contributed by atoms with E-state index >= 15 is 0 Å². The molecular formula is C17H28N2O. The van der Waals surface area contributed by atoms with E-state index in [-0.39, 0.29) is 12.1 Å². The fourth-order valence-electron chi connectivity index (χ4n) is 3.03. The second-order valence-electron chi connectivity index (χ2n) is 6.07. The number of nitrogens with one attached hydrogen (secondary N) is 1. The highest BCUT2D eigenvalue weighted by Gasteiger charge is 2.24. The van der Waals surface area contributed by atoms with Crippen molar-refractivity contribution in [1.29, 1.82) is 0 Å². The quantitative estimate of drug-likeness (QED) is 0.838. The topological polar surface area (TPSA) is 35.5 Å². The van der Waals surface area contributed by atoms with Gasteiger partial charge >= 0.3 is 0 Å². The van der Waals surface area contributed by atoms with Crippen molar-refractivity contribution in [3.05, 3.63) is 29.8 Å². The molecule has 112 valence electrons. The van der Waals surface area contributed by atoms with Crippen molar-refractivity contribution < 1.29 is 5.11 Å². The molecule has 0 spiro atoms. The first-order chi connectivity index (χ1) is 9.68. The third-order valence-electron chi connectivity index (χ3n) is 4.34. The molecule has 0 amide bonds. The molecule has 2 N–H and O–H groups in total. The Morgan fingerprint density at radius 3 is 2.85 bits per heavy atom. The van der Waals surface area contributed by atoms with Crippen LogP contribution in [0.5, 0.6) is 0 Å². The molecule has 1 atom stereocenters. The van der Waals surface area contributed by atoms with Crippen molar-refractivity contribution in [2.45, 2.75) is 45.1 Å². The van der Waals surface area contributed by atoms with Crippen molar-refractivity contribution in [2.75, 3.05) is 31.1 Å². The first-order valence-electron chi connectivity index (χ1n) is 7.87. The second kappa shape index (κ2) is 7.09. The van der Waals surface area contributed by atoms with Crippen LogP contribution in [0.4, 0.5) is 5.69 Å². The summed E-state index contributed by atoms with van der Waals surface area (Å²) in [6.45, 7) is 7.42. The lowest BCUT2D eigenvalue weighted by molar-refractivity contribution is 0.169. The Hall–Kier alpha value is -1.06. The van der Waals surface area contributed by atoms with Crippen LogP contribution in [-0.4, -0.2) is 36.9 Å². The summed E-state index contributed by atoms with van der Waals surface area (Å²) in [6, 6.07) is 8.76. The number of rotatable bonds is 6. The number of hydrogen-bond donors (Lipinski definition) is 2. The summed E-state index contributed by atoms with van der Waals surface area (Å²) in [7, 11) is 0. The summed E-state index contributed by atoms with van der Waals surface area (Å²) in [5.41, 5.74) is 2.69. The Morgan fingerprint density at radius 1 is 1.30 bits per heavy atom. The van der Waals surface area contributed by atoms with Crippen molar-refractivity contribution in [1.82, 2.24) is 5.32 Å². The summed E-state index contributed by atoms with van der Waals surface area (Å²) in [6.07, 6.45) is 4.69. The molecule has 1 unspecified atom stereocenters. The van der Waals surface area contributed by atoms with Crippen molar-refractivity contribution in [2.24, 2.45) is 0 Å². The molecule has 0 aromatic heterocycles. The lowest BCUT2D eigenvalue weighted by atomic mass is 9.98. The van der Waals surface area contributed by atoms with Crippen LogP contribution in [0.1, 0.15) is 38.7 Å². The van der Waals surface area contributed by atoms with Crippen LogP contribution in [0, 0.1) is 0 Å². The van der Waals surface area contributed by atoms with Gasteiger partial charge in [0.2, 0.25) is 0 Å². The molecule has 1 aromatic rings. The van der Waals surface area contributed by atoms with Gasteiger partial charge in [-0.1, -0.05) is 25.1 Å². The molecule has 0 fully saturated rings. The lowest BCUT2D eigenvalue weighted by Crippen LogP contribution is -2.48. The molecule has 0 radical (unpaired) electrons. The van der Waals surface area contributed by atoms with E-state index in [0.717, 1.165) is 26.1 Å². The Balaban J connectivity index is 2.05. The summed E-state index contributed by atoms with van der Waals surface area (Å²) < 4.78 is 0. The molecule has 3 nitrogen and oxygen atoms in total. The van der Waals surface area contributed by atoms with Crippen LogP contribution in [0.25, 0.3) is 0 Å². The minimum atomic E-state index is -0.171. The highest BCUT2D eigenvalue weighted by Crippen LogP contribution is 2.26. The number of aliphatic hydroxyl groups excluding tert-OH is 1. The minimum absolute atomic E-state index is 0.171. The van der Waals surface area contributed by atoms with Gasteiger partial charge in [0.1, 0.15) is 0 Å². The van der Waals surface area contributed by atoms with Gasteiger partial charge < -0.3 is 15.3 Å². The third-order valence-corrected chi connectivity index (χ3v) is 4.34. The monoisotopic (exact) mass is 276 g/mol. The molecule has 1 aliphatic heterocycles. The Labute approximate surface area is 123 Å². The van der Waals surface area contributed by atoms with E-state index in [9.17, 15) is 5.11 Å². The molecule has 1 aromatic carbocycles. The number of likely N-dealkylation sites (N-methyl/N-ethyl adjacent to an activating group) is 1. The zero-order valence-electron chi connectivity index (χ0n) is 12.9. The van der Waals surface area contributed by atoms with Gasteiger partial charge in [-0.15, -0.1) is 0 Å². The molecule has 1 aliphatic rings. The zero-order chi connectivity index (χ0) is 14.4. The number of anilines is 1. The fraction of sp³-hybridized carbons (Fsp3) is 0.647. The molecular weight excluding hydrogens is 248 g/mol. The maximum atomic E-state index is 9.62. The van der Waals surface area contributed by atoms with Crippen LogP contribution in [-0.2, 0) is 6.42 Å². The summed E-state index contributed by atoms with van der Waals surface area (Å²) >= 11 is 0. The molecule has 0 saturated carbocycles. The lowest BCUT2D eigenvalue weighted by Gasteiger charge is -2.33. The average Bonchev–Trinajstić information content (AvgIpc) is 2.68. The van der Waals surface area contributed by atoms with Gasteiger partial charge in [-0.05, 0) is 50.8 Å². The molecule has 3 heteroatoms. The largest absolute Gasteiger partial charge is 0.394 e. The first-order valence-corrected chi connectivity index (χ1v) is 7.87. The summed E-state index contributed by atoms with van der Waals surface area (Å²) in [5.74, 6) is 0. The smallest absolute Gasteiger partial charge is 0.0611 e. The predicted octanol–water partition coefficient (Wildman–Crippen LogP) is 2.58. The molecule has 1 heterocycles. The predicted molar refractivity (Wildman–Crippen MR) is 85.4 cm³/mol. The van der Waals surface area contributed by atoms with Crippen molar-refractivity contribution in [3.8, 4) is 0 Å². The van der Waals surface area contributed by atoms with Gasteiger partial charge in [0.25, 0.3) is 0 Å². The second-order valence-corrected chi connectivity index (χ2v) is 6.07. The number of fused-ring (bicyclic) bond motifs is 1. The molecule has 20 heavy (non-hydrogen) atoms. The van der Waals surface area contributed by atoms with Crippen LogP contribution in [0.15, 0.2) is 24.3 Å². The van der Waals surface area contributed by atoms with Crippen LogP contribution < -0.4 is 10.2 Å². The van der Waals surface area contributed by atoms with E-state index in [0.29, 0.717) is 0 Å². The summed E-state index contributed by atoms with van der Waals surface area (Å²) in [5, 5.41) is 13.0. The number of hydrogen-bond acceptors (Lipinski definition) is 3. The normalized spacial score (nSPS) is 18.2. The van der Waals surface area contributed by atoms with Gasteiger partial charge in [-0.3, -0.25) is 0 Å². The molecule has 0 saturated heterocycles. The average molecular weight is 276 g/mol. The fourth-order valence-corrected chi connectivity index (χ4v) is 3.03. The van der Waals surface area contributed by atoms with Gasteiger partial charge in [-0.25, -0.2) is 0 Å². The van der Waals surface area contributed by atoms with Gasteiger partial charge in [0.05, 0.1) is 6.61 Å². The number of aliphatic hydroxyl groups is 1. The van der Waals surface area contributed by atoms with E-state index in [4.69, 9.17) is 0 Å². The van der Waals surface area contributed by atoms with E-state index < -0.39 is 0 Å². The standard InChI is InChI=1S/C17H28N2O/c1-3-18-17(2,14-20)11-13-19-12-7-6-9-15-8-4-5-10-16(15)19/h4-5,8,10,18,20H,3,6-7,9,11-14H2,1-2H3. The zero-order valence-corrected chi connectivity index (χ0v) is 12.9. The van der Waals surface area contributed by atoms with Gasteiger partial charge in [0.15, 0.2) is 0 Å². The van der Waals surface area contributed by atoms with E-state index in [1.807, 2.05) is 0 Å². The molecule has 2 rings (SSSR count). The van der Waals surface area contributed by atoms with Gasteiger partial charge in [-0.2, -0.15) is 0 Å². The highest BCUT2D eigenvalue weighted by molar-refractivity contribution is 5.54. The van der Waals surface area contributed by atoms with E-state index in [2.05, 4.69) is 48.3 Å². The van der Waals surface area contributed by atoms with Crippen LogP contribution >= 0.6 is 0 Å². The Kier molecular flexibility index (Phi) is 5.44. The number of aryl methyl sites for hydroxylation is 1. The molecule has 0 bridgehead atoms. The summed E-state index contributed by atoms with van der Waals surface area (Å²) in [4.78, 5) is 2.49. The third kappa shape index (κ3) is 3.74. The minimum Gasteiger partial charge on any atom is -0.394 e. The van der Waals surface area contributed by atoms with Gasteiger partial charge in [0, 0.05) is 24.3 Å². The van der Waals surface area contributed by atoms with Crippen LogP contribution in [0.2, 0.25) is 0 Å². The highest BCUT2D eigenvalue weighted by atomic mass is 16.3. The Bertz CT molecular complexity index is 421. The molecule has 0 aliphatic carbocycles. The number of nitrogens with zero attached hydrogens (tertiary/aromatic N) is 1. The Morgan fingerprint density at radius 2 is 2.10 bits per heavy atom. The SMILES string of the molecule is CCNC(C)(CO)CCN1CCCCc2ccccc21. The maximum absolute atomic E-state index is 9.62. The van der Waals surface area contributed by atoms with E-state index in [1.54, 1.807) is 0 Å². The van der Waals surface area contributed by atoms with E-state index in [1.165, 1.54) is 30.5 Å². The number of benzene rings is 1. The van der Waals surface area contributed by atoms with Crippen molar-refractivity contribution >= 4 is 5.69 Å².